The molecule has 1 aromatic heterocycles. The van der Waals surface area contributed by atoms with Gasteiger partial charge in [0.05, 0.1) is 24.1 Å². The molecule has 1 atom stereocenters. The van der Waals surface area contributed by atoms with Crippen LogP contribution in [0.25, 0.3) is 11.0 Å². The summed E-state index contributed by atoms with van der Waals surface area (Å²) >= 11 is 0. The quantitative estimate of drug-likeness (QED) is 0.392. The molecule has 0 bridgehead atoms. The van der Waals surface area contributed by atoms with Crippen LogP contribution in [0.1, 0.15) is 70.9 Å². The molecule has 4 amide bonds. The number of rotatable bonds is 5. The van der Waals surface area contributed by atoms with Crippen LogP contribution < -0.4 is 16.3 Å². The summed E-state index contributed by atoms with van der Waals surface area (Å²) in [4.78, 5) is 66.0. The largest absolute Gasteiger partial charge is 0.444 e. The normalized spacial score (nSPS) is 23.2. The van der Waals surface area contributed by atoms with Crippen molar-refractivity contribution in [2.75, 3.05) is 32.7 Å². The van der Waals surface area contributed by atoms with E-state index in [4.69, 9.17) is 4.74 Å². The van der Waals surface area contributed by atoms with Gasteiger partial charge in [0, 0.05) is 44.7 Å². The molecule has 1 aromatic carbocycles. The Morgan fingerprint density at radius 2 is 1.80 bits per heavy atom. The van der Waals surface area contributed by atoms with Gasteiger partial charge in [-0.3, -0.25) is 33.7 Å². The minimum Gasteiger partial charge on any atom is -0.444 e. The van der Waals surface area contributed by atoms with Gasteiger partial charge in [0.2, 0.25) is 17.7 Å². The Morgan fingerprint density at radius 3 is 2.48 bits per heavy atom. The van der Waals surface area contributed by atoms with Crippen molar-refractivity contribution in [3.63, 3.8) is 0 Å². The molecule has 2 saturated heterocycles. The molecule has 2 N–H and O–H groups in total. The molecule has 0 radical (unpaired) electrons. The van der Waals surface area contributed by atoms with Crippen molar-refractivity contribution in [1.82, 2.24) is 29.6 Å². The van der Waals surface area contributed by atoms with E-state index in [0.29, 0.717) is 36.6 Å². The molecule has 3 aliphatic rings. The molecule has 1 aliphatic carbocycles. The molecule has 236 valence electrons. The Labute approximate surface area is 257 Å². The van der Waals surface area contributed by atoms with Gasteiger partial charge in [0.25, 0.3) is 0 Å². The summed E-state index contributed by atoms with van der Waals surface area (Å²) in [6.07, 6.45) is 3.80. The molecule has 0 spiro atoms. The number of amides is 4. The van der Waals surface area contributed by atoms with E-state index in [1.807, 2.05) is 42.7 Å². The lowest BCUT2D eigenvalue weighted by Gasteiger charge is -2.37. The number of alkyl carbamates (subject to hydrolysis) is 1. The number of carbonyl (C=O) groups excluding carboxylic acids is 4. The summed E-state index contributed by atoms with van der Waals surface area (Å²) in [6.45, 7) is 8.49. The lowest BCUT2D eigenvalue weighted by Crippen LogP contribution is -2.52. The molecule has 3 fully saturated rings. The second kappa shape index (κ2) is 12.9. The highest BCUT2D eigenvalue weighted by Gasteiger charge is 2.32. The van der Waals surface area contributed by atoms with E-state index in [1.165, 1.54) is 9.13 Å². The molecular weight excluding hydrogens is 564 g/mol. The third-order valence-electron chi connectivity index (χ3n) is 8.59. The third-order valence-corrected chi connectivity index (χ3v) is 8.59. The lowest BCUT2D eigenvalue weighted by atomic mass is 9.85. The fourth-order valence-electron chi connectivity index (χ4n) is 6.28. The number of piperazine rings is 1. The average molecular weight is 607 g/mol. The number of piperidine rings is 1. The minimum absolute atomic E-state index is 0.110. The van der Waals surface area contributed by atoms with Gasteiger partial charge in [-0.15, -0.1) is 0 Å². The van der Waals surface area contributed by atoms with Crippen molar-refractivity contribution in [3.05, 3.63) is 34.2 Å². The van der Waals surface area contributed by atoms with Crippen molar-refractivity contribution in [2.24, 2.45) is 13.0 Å². The van der Waals surface area contributed by atoms with E-state index >= 15 is 0 Å². The van der Waals surface area contributed by atoms with Crippen LogP contribution in [-0.4, -0.2) is 87.1 Å². The number of imidazole rings is 1. The second-order valence-electron chi connectivity index (χ2n) is 13.1. The SMILES string of the molecule is Cn1c(=O)n(C2CCC(=O)NC2=O)c2ccc(C#CCN3CCN(CC4CCC(NC(=O)OC(C)(C)C)CC4)C(=O)C3)cc21. The van der Waals surface area contributed by atoms with Crippen LogP contribution in [0, 0.1) is 17.8 Å². The zero-order valence-corrected chi connectivity index (χ0v) is 26.0. The number of carbonyl (C=O) groups is 4. The maximum absolute atomic E-state index is 13.0. The number of aromatic nitrogens is 2. The predicted octanol–water partition coefficient (Wildman–Crippen LogP) is 1.90. The number of hydrogen-bond acceptors (Lipinski definition) is 7. The maximum atomic E-state index is 13.0. The summed E-state index contributed by atoms with van der Waals surface area (Å²) in [5, 5.41) is 5.30. The number of hydrogen-bond donors (Lipinski definition) is 2. The minimum atomic E-state index is -0.728. The first-order valence-electron chi connectivity index (χ1n) is 15.4. The Bertz CT molecular complexity index is 1570. The van der Waals surface area contributed by atoms with E-state index < -0.39 is 17.6 Å². The number of nitrogens with zero attached hydrogens (tertiary/aromatic N) is 4. The molecule has 12 nitrogen and oxygen atoms in total. The number of benzene rings is 1. The Morgan fingerprint density at radius 1 is 1.05 bits per heavy atom. The zero-order valence-electron chi connectivity index (χ0n) is 26.0. The number of nitrogens with one attached hydrogen (secondary N) is 2. The van der Waals surface area contributed by atoms with E-state index in [9.17, 15) is 24.0 Å². The molecule has 5 rings (SSSR count). The summed E-state index contributed by atoms with van der Waals surface area (Å²) in [5.74, 6) is 6.07. The van der Waals surface area contributed by atoms with Gasteiger partial charge < -0.3 is 15.0 Å². The van der Waals surface area contributed by atoms with Gasteiger partial charge in [-0.25, -0.2) is 9.59 Å². The van der Waals surface area contributed by atoms with Crippen molar-refractivity contribution >= 4 is 34.8 Å². The number of imide groups is 1. The molecule has 2 aromatic rings. The first kappa shape index (κ1) is 31.3. The second-order valence-corrected chi connectivity index (χ2v) is 13.1. The van der Waals surface area contributed by atoms with Crippen molar-refractivity contribution < 1.29 is 23.9 Å². The highest BCUT2D eigenvalue weighted by atomic mass is 16.6. The first-order chi connectivity index (χ1) is 20.9. The zero-order chi connectivity index (χ0) is 31.6. The summed E-state index contributed by atoms with van der Waals surface area (Å²) in [6, 6.07) is 4.81. The van der Waals surface area contributed by atoms with E-state index in [2.05, 4.69) is 22.5 Å². The molecule has 44 heavy (non-hydrogen) atoms. The van der Waals surface area contributed by atoms with Crippen LogP contribution in [0.4, 0.5) is 4.79 Å². The van der Waals surface area contributed by atoms with E-state index in [1.54, 1.807) is 13.1 Å². The van der Waals surface area contributed by atoms with Gasteiger partial charge in [0.15, 0.2) is 0 Å². The van der Waals surface area contributed by atoms with Crippen LogP contribution in [0.3, 0.4) is 0 Å². The Hall–Kier alpha value is -4.11. The molecular formula is C32H42N6O6. The summed E-state index contributed by atoms with van der Waals surface area (Å²) in [5.41, 5.74) is 1.17. The molecule has 12 heteroatoms. The van der Waals surface area contributed by atoms with Crippen molar-refractivity contribution in [1.29, 1.82) is 0 Å². The topological polar surface area (TPSA) is 135 Å². The predicted molar refractivity (Wildman–Crippen MR) is 164 cm³/mol. The fraction of sp³-hybridized carbons (Fsp3) is 0.594. The average Bonchev–Trinajstić information content (AvgIpc) is 3.19. The van der Waals surface area contributed by atoms with Crippen LogP contribution in [0.5, 0.6) is 0 Å². The summed E-state index contributed by atoms with van der Waals surface area (Å²) in [7, 11) is 1.65. The highest BCUT2D eigenvalue weighted by Crippen LogP contribution is 2.26. The van der Waals surface area contributed by atoms with Crippen molar-refractivity contribution in [2.45, 2.75) is 77.0 Å². The molecule has 2 aliphatic heterocycles. The molecule has 1 unspecified atom stereocenters. The van der Waals surface area contributed by atoms with E-state index in [-0.39, 0.29) is 42.5 Å². The smallest absolute Gasteiger partial charge is 0.407 e. The standard InChI is InChI=1S/C32H42N6O6/c1-32(2,3)44-30(42)33-23-10-7-22(8-11-23)19-37-17-16-36(20-28(37)40)15-5-6-21-9-12-24-26(18-21)35(4)31(43)38(24)25-13-14-27(39)34-29(25)41/h9,12,18,22-23,25H,7-8,10-11,13-17,19-20H2,1-4H3,(H,33,42)(H,34,39,41). The Balaban J connectivity index is 1.11. The first-order valence-corrected chi connectivity index (χ1v) is 15.4. The van der Waals surface area contributed by atoms with Crippen LogP contribution in [0.2, 0.25) is 0 Å². The van der Waals surface area contributed by atoms with Gasteiger partial charge in [0.1, 0.15) is 11.6 Å². The van der Waals surface area contributed by atoms with Gasteiger partial charge >= 0.3 is 11.8 Å². The lowest BCUT2D eigenvalue weighted by molar-refractivity contribution is -0.137. The van der Waals surface area contributed by atoms with Crippen LogP contribution >= 0.6 is 0 Å². The summed E-state index contributed by atoms with van der Waals surface area (Å²) < 4.78 is 8.31. The van der Waals surface area contributed by atoms with E-state index in [0.717, 1.165) is 44.3 Å². The van der Waals surface area contributed by atoms with Crippen molar-refractivity contribution in [3.8, 4) is 11.8 Å². The van der Waals surface area contributed by atoms with Gasteiger partial charge in [-0.1, -0.05) is 11.8 Å². The van der Waals surface area contributed by atoms with Gasteiger partial charge in [-0.05, 0) is 77.0 Å². The number of aryl methyl sites for hydroxylation is 1. The maximum Gasteiger partial charge on any atom is 0.407 e. The van der Waals surface area contributed by atoms with Gasteiger partial charge in [-0.2, -0.15) is 0 Å². The monoisotopic (exact) mass is 606 g/mol. The highest BCUT2D eigenvalue weighted by molar-refractivity contribution is 6.00. The Kier molecular flexibility index (Phi) is 9.15. The van der Waals surface area contributed by atoms with Crippen LogP contribution in [-0.2, 0) is 26.2 Å². The molecule has 1 saturated carbocycles. The third kappa shape index (κ3) is 7.33. The number of fused-ring (bicyclic) bond motifs is 1. The number of ether oxygens (including phenoxy) is 1. The molecule has 3 heterocycles. The van der Waals surface area contributed by atoms with Crippen LogP contribution in [0.15, 0.2) is 23.0 Å². The fourth-order valence-corrected chi connectivity index (χ4v) is 6.28.